The second-order valence-corrected chi connectivity index (χ2v) is 4.02. The normalized spacial score (nSPS) is 10.5. The molecule has 5 heteroatoms. The Hall–Kier alpha value is -1.78. The first-order valence-corrected chi connectivity index (χ1v) is 5.08. The molecule has 0 bridgehead atoms. The van der Waals surface area contributed by atoms with E-state index in [0.717, 1.165) is 5.56 Å². The lowest BCUT2D eigenvalue weighted by Gasteiger charge is -2.05. The van der Waals surface area contributed by atoms with Crippen LogP contribution in [0.5, 0.6) is 0 Å². The van der Waals surface area contributed by atoms with E-state index in [1.165, 1.54) is 4.57 Å². The van der Waals surface area contributed by atoms with E-state index in [1.807, 2.05) is 13.8 Å². The van der Waals surface area contributed by atoms with Crippen LogP contribution in [0.25, 0.3) is 0 Å². The second kappa shape index (κ2) is 4.83. The summed E-state index contributed by atoms with van der Waals surface area (Å²) in [5.74, 6) is -1.08. The summed E-state index contributed by atoms with van der Waals surface area (Å²) < 4.78 is 1.53. The molecule has 0 spiro atoms. The number of carboxylic acid groups (broad SMARTS) is 1. The number of carbonyl (C=O) groups excluding carboxylic acids is 1. The number of carbonyl (C=O) groups is 2. The van der Waals surface area contributed by atoms with Crippen molar-refractivity contribution in [3.05, 3.63) is 23.5 Å². The number of aromatic carboxylic acids is 1. The van der Waals surface area contributed by atoms with Gasteiger partial charge in [0.05, 0.1) is 0 Å². The first kappa shape index (κ1) is 12.3. The molecule has 0 aliphatic heterocycles. The predicted octanol–water partition coefficient (Wildman–Crippen LogP) is 0.995. The molecule has 0 saturated carbocycles. The molecule has 1 amide bonds. The summed E-state index contributed by atoms with van der Waals surface area (Å²) >= 11 is 0. The van der Waals surface area contributed by atoms with Crippen LogP contribution in [-0.2, 0) is 18.4 Å². The maximum Gasteiger partial charge on any atom is 0.352 e. The minimum Gasteiger partial charge on any atom is -0.477 e. The summed E-state index contributed by atoms with van der Waals surface area (Å²) in [6, 6.07) is 1.56. The number of aryl methyl sites for hydroxylation is 1. The molecule has 2 N–H and O–H groups in total. The number of aromatic nitrogens is 1. The number of amides is 1. The third-order valence-corrected chi connectivity index (χ3v) is 2.27. The number of hydrogen-bond acceptors (Lipinski definition) is 2. The maximum absolute atomic E-state index is 11.3. The van der Waals surface area contributed by atoms with E-state index in [4.69, 9.17) is 5.11 Å². The van der Waals surface area contributed by atoms with Gasteiger partial charge in [0.15, 0.2) is 0 Å². The van der Waals surface area contributed by atoms with Gasteiger partial charge >= 0.3 is 5.97 Å². The Balaban J connectivity index is 2.65. The van der Waals surface area contributed by atoms with E-state index in [-0.39, 0.29) is 17.5 Å². The van der Waals surface area contributed by atoms with Gasteiger partial charge in [0.25, 0.3) is 0 Å². The van der Waals surface area contributed by atoms with Crippen molar-refractivity contribution in [1.29, 1.82) is 0 Å². The van der Waals surface area contributed by atoms with Crippen LogP contribution in [0.2, 0.25) is 0 Å². The van der Waals surface area contributed by atoms with Crippen molar-refractivity contribution in [3.63, 3.8) is 0 Å². The Labute approximate surface area is 94.1 Å². The minimum absolute atomic E-state index is 0.0410. The molecule has 88 valence electrons. The number of hydrogen-bond donors (Lipinski definition) is 2. The van der Waals surface area contributed by atoms with Crippen molar-refractivity contribution in [2.45, 2.75) is 20.4 Å². The third kappa shape index (κ3) is 2.85. The highest BCUT2D eigenvalue weighted by Gasteiger charge is 2.11. The lowest BCUT2D eigenvalue weighted by atomic mass is 10.2. The lowest BCUT2D eigenvalue weighted by molar-refractivity contribution is -0.124. The highest BCUT2D eigenvalue weighted by Crippen LogP contribution is 2.07. The van der Waals surface area contributed by atoms with Crippen molar-refractivity contribution >= 4 is 11.9 Å². The Kier molecular flexibility index (Phi) is 3.71. The van der Waals surface area contributed by atoms with Crippen molar-refractivity contribution in [1.82, 2.24) is 9.88 Å². The van der Waals surface area contributed by atoms with Crippen LogP contribution in [0.1, 0.15) is 29.9 Å². The topological polar surface area (TPSA) is 71.3 Å². The molecular weight excluding hydrogens is 208 g/mol. The quantitative estimate of drug-likeness (QED) is 0.801. The fraction of sp³-hybridized carbons (Fsp3) is 0.455. The number of rotatable bonds is 4. The third-order valence-electron chi connectivity index (χ3n) is 2.27. The molecule has 0 radical (unpaired) electrons. The zero-order chi connectivity index (χ0) is 12.3. The van der Waals surface area contributed by atoms with Crippen molar-refractivity contribution in [2.24, 2.45) is 13.0 Å². The molecule has 0 saturated heterocycles. The summed E-state index contributed by atoms with van der Waals surface area (Å²) in [6.07, 6.45) is 1.70. The minimum atomic E-state index is -0.969. The van der Waals surface area contributed by atoms with Crippen LogP contribution in [0.15, 0.2) is 12.3 Å². The molecule has 1 rings (SSSR count). The number of nitrogens with zero attached hydrogens (tertiary/aromatic N) is 1. The Morgan fingerprint density at radius 1 is 1.50 bits per heavy atom. The van der Waals surface area contributed by atoms with Gasteiger partial charge in [0.1, 0.15) is 5.69 Å². The van der Waals surface area contributed by atoms with Gasteiger partial charge in [0.2, 0.25) is 5.91 Å². The molecule has 0 aromatic carbocycles. The molecule has 0 fully saturated rings. The second-order valence-electron chi connectivity index (χ2n) is 4.02. The summed E-state index contributed by atoms with van der Waals surface area (Å²) in [6.45, 7) is 3.98. The summed E-state index contributed by atoms with van der Waals surface area (Å²) in [5, 5.41) is 11.6. The number of nitrogens with one attached hydrogen (secondary N) is 1. The monoisotopic (exact) mass is 224 g/mol. The molecule has 0 unspecified atom stereocenters. The van der Waals surface area contributed by atoms with Crippen LogP contribution in [0.3, 0.4) is 0 Å². The zero-order valence-electron chi connectivity index (χ0n) is 9.65. The van der Waals surface area contributed by atoms with Crippen LogP contribution in [0, 0.1) is 5.92 Å². The molecule has 0 aliphatic rings. The van der Waals surface area contributed by atoms with Crippen LogP contribution >= 0.6 is 0 Å². The first-order valence-electron chi connectivity index (χ1n) is 5.08. The zero-order valence-corrected chi connectivity index (χ0v) is 9.65. The predicted molar refractivity (Wildman–Crippen MR) is 59.1 cm³/mol. The maximum atomic E-state index is 11.3. The van der Waals surface area contributed by atoms with E-state index in [2.05, 4.69) is 5.32 Å². The highest BCUT2D eigenvalue weighted by molar-refractivity contribution is 5.86. The lowest BCUT2D eigenvalue weighted by Crippen LogP contribution is -2.26. The average molecular weight is 224 g/mol. The molecule has 1 heterocycles. The Morgan fingerprint density at radius 3 is 2.56 bits per heavy atom. The SMILES string of the molecule is CC(C)C(=O)NCc1cc(C(=O)O)n(C)c1. The standard InChI is InChI=1S/C11H16N2O3/c1-7(2)10(14)12-5-8-4-9(11(15)16)13(3)6-8/h4,6-7H,5H2,1-3H3,(H,12,14)(H,15,16). The summed E-state index contributed by atoms with van der Waals surface area (Å²) in [5.41, 5.74) is 1.00. The largest absolute Gasteiger partial charge is 0.477 e. The van der Waals surface area contributed by atoms with Gasteiger partial charge in [-0.25, -0.2) is 4.79 Å². The Morgan fingerprint density at radius 2 is 2.12 bits per heavy atom. The average Bonchev–Trinajstić information content (AvgIpc) is 2.56. The van der Waals surface area contributed by atoms with Crippen LogP contribution in [0.4, 0.5) is 0 Å². The molecular formula is C11H16N2O3. The van der Waals surface area contributed by atoms with Crippen molar-refractivity contribution in [2.75, 3.05) is 0 Å². The fourth-order valence-electron chi connectivity index (χ4n) is 1.34. The van der Waals surface area contributed by atoms with Crippen LogP contribution < -0.4 is 5.32 Å². The molecule has 1 aromatic rings. The summed E-state index contributed by atoms with van der Waals surface area (Å²) in [4.78, 5) is 22.1. The van der Waals surface area contributed by atoms with E-state index >= 15 is 0 Å². The van der Waals surface area contributed by atoms with Gasteiger partial charge in [0, 0.05) is 25.7 Å². The first-order chi connectivity index (χ1) is 7.41. The summed E-state index contributed by atoms with van der Waals surface area (Å²) in [7, 11) is 1.66. The van der Waals surface area contributed by atoms with Gasteiger partial charge in [-0.2, -0.15) is 0 Å². The van der Waals surface area contributed by atoms with E-state index in [0.29, 0.717) is 6.54 Å². The van der Waals surface area contributed by atoms with Gasteiger partial charge in [-0.05, 0) is 11.6 Å². The van der Waals surface area contributed by atoms with Crippen molar-refractivity contribution in [3.8, 4) is 0 Å². The van der Waals surface area contributed by atoms with Gasteiger partial charge in [-0.1, -0.05) is 13.8 Å². The highest BCUT2D eigenvalue weighted by atomic mass is 16.4. The van der Waals surface area contributed by atoms with E-state index in [9.17, 15) is 9.59 Å². The van der Waals surface area contributed by atoms with Gasteiger partial charge < -0.3 is 15.0 Å². The smallest absolute Gasteiger partial charge is 0.352 e. The van der Waals surface area contributed by atoms with Gasteiger partial charge in [-0.15, -0.1) is 0 Å². The molecule has 16 heavy (non-hydrogen) atoms. The number of carboxylic acids is 1. The van der Waals surface area contributed by atoms with E-state index in [1.54, 1.807) is 19.3 Å². The fourth-order valence-corrected chi connectivity index (χ4v) is 1.34. The molecule has 1 aromatic heterocycles. The Bertz CT molecular complexity index is 407. The molecule has 0 atom stereocenters. The van der Waals surface area contributed by atoms with Gasteiger partial charge in [-0.3, -0.25) is 4.79 Å². The molecule has 0 aliphatic carbocycles. The van der Waals surface area contributed by atoms with Crippen molar-refractivity contribution < 1.29 is 14.7 Å². The van der Waals surface area contributed by atoms with Crippen LogP contribution in [-0.4, -0.2) is 21.6 Å². The molecule has 5 nitrogen and oxygen atoms in total. The van der Waals surface area contributed by atoms with E-state index < -0.39 is 5.97 Å².